The minimum absolute atomic E-state index is 0.737. The van der Waals surface area contributed by atoms with E-state index in [4.69, 9.17) is 0 Å². The van der Waals surface area contributed by atoms with Crippen LogP contribution in [0.15, 0.2) is 0 Å². The molecule has 0 aliphatic carbocycles. The summed E-state index contributed by atoms with van der Waals surface area (Å²) in [6.07, 6.45) is 6.99. The predicted octanol–water partition coefficient (Wildman–Crippen LogP) is 1.40. The molecule has 0 bridgehead atoms. The molecule has 0 aromatic carbocycles. The highest BCUT2D eigenvalue weighted by atomic mass is 15.2. The Kier molecular flexibility index (Phi) is 5.26. The molecular weight excluding hydrogens is 210 g/mol. The summed E-state index contributed by atoms with van der Waals surface area (Å²) in [6.45, 7) is 6.54. The Morgan fingerprint density at radius 3 is 2.59 bits per heavy atom. The van der Waals surface area contributed by atoms with E-state index >= 15 is 0 Å². The third kappa shape index (κ3) is 4.23. The molecule has 1 unspecified atom stereocenters. The Balaban J connectivity index is 1.64. The van der Waals surface area contributed by atoms with Gasteiger partial charge in [-0.15, -0.1) is 0 Å². The van der Waals surface area contributed by atoms with Crippen LogP contribution in [0.5, 0.6) is 0 Å². The van der Waals surface area contributed by atoms with Gasteiger partial charge in [0.2, 0.25) is 0 Å². The van der Waals surface area contributed by atoms with Crippen molar-refractivity contribution in [1.82, 2.24) is 15.1 Å². The normalized spacial score (nSPS) is 29.6. The SMILES string of the molecule is CNC1CCCN(CCC2CCN(C)CC2)C1. The van der Waals surface area contributed by atoms with Crippen molar-refractivity contribution >= 4 is 0 Å². The summed E-state index contributed by atoms with van der Waals surface area (Å²) in [5.74, 6) is 0.987. The lowest BCUT2D eigenvalue weighted by molar-refractivity contribution is 0.159. The lowest BCUT2D eigenvalue weighted by Crippen LogP contribution is -2.45. The number of rotatable bonds is 4. The molecule has 0 aromatic heterocycles. The second-order valence-corrected chi connectivity index (χ2v) is 5.96. The quantitative estimate of drug-likeness (QED) is 0.800. The molecule has 3 heteroatoms. The van der Waals surface area contributed by atoms with E-state index in [-0.39, 0.29) is 0 Å². The number of hydrogen-bond donors (Lipinski definition) is 1. The Morgan fingerprint density at radius 2 is 1.88 bits per heavy atom. The summed E-state index contributed by atoms with van der Waals surface area (Å²) >= 11 is 0. The molecule has 2 saturated heterocycles. The topological polar surface area (TPSA) is 18.5 Å². The van der Waals surface area contributed by atoms with Crippen LogP contribution < -0.4 is 5.32 Å². The summed E-state index contributed by atoms with van der Waals surface area (Å²) < 4.78 is 0. The number of likely N-dealkylation sites (N-methyl/N-ethyl adjacent to an activating group) is 1. The van der Waals surface area contributed by atoms with Crippen molar-refractivity contribution in [3.05, 3.63) is 0 Å². The molecule has 0 saturated carbocycles. The second-order valence-electron chi connectivity index (χ2n) is 5.96. The van der Waals surface area contributed by atoms with Gasteiger partial charge in [0.1, 0.15) is 0 Å². The van der Waals surface area contributed by atoms with Crippen molar-refractivity contribution in [2.75, 3.05) is 46.8 Å². The number of piperidine rings is 2. The molecule has 1 N–H and O–H groups in total. The van der Waals surface area contributed by atoms with Gasteiger partial charge in [-0.2, -0.15) is 0 Å². The highest BCUT2D eigenvalue weighted by Gasteiger charge is 2.21. The standard InChI is InChI=1S/C14H29N3/c1-15-14-4-3-8-17(12-14)11-7-13-5-9-16(2)10-6-13/h13-15H,3-12H2,1-2H3. The first-order valence-corrected chi connectivity index (χ1v) is 7.36. The molecule has 0 aromatic rings. The summed E-state index contributed by atoms with van der Waals surface area (Å²) in [5.41, 5.74) is 0. The second kappa shape index (κ2) is 6.72. The fraction of sp³-hybridized carbons (Fsp3) is 1.00. The third-order valence-electron chi connectivity index (χ3n) is 4.61. The molecule has 17 heavy (non-hydrogen) atoms. The molecule has 0 spiro atoms. The van der Waals surface area contributed by atoms with Crippen LogP contribution >= 0.6 is 0 Å². The van der Waals surface area contributed by atoms with Crippen LogP contribution in [0.4, 0.5) is 0 Å². The van der Waals surface area contributed by atoms with E-state index in [1.807, 2.05) is 0 Å². The summed E-state index contributed by atoms with van der Waals surface area (Å²) in [7, 11) is 4.35. The van der Waals surface area contributed by atoms with Crippen LogP contribution in [0.2, 0.25) is 0 Å². The van der Waals surface area contributed by atoms with E-state index < -0.39 is 0 Å². The van der Waals surface area contributed by atoms with Crippen LogP contribution in [-0.4, -0.2) is 62.7 Å². The first-order chi connectivity index (χ1) is 8.28. The van der Waals surface area contributed by atoms with Crippen molar-refractivity contribution in [3.8, 4) is 0 Å². The van der Waals surface area contributed by atoms with E-state index in [2.05, 4.69) is 29.2 Å². The van der Waals surface area contributed by atoms with E-state index in [0.717, 1.165) is 12.0 Å². The van der Waals surface area contributed by atoms with Crippen LogP contribution in [0.1, 0.15) is 32.1 Å². The summed E-state index contributed by atoms with van der Waals surface area (Å²) in [6, 6.07) is 0.737. The van der Waals surface area contributed by atoms with Crippen molar-refractivity contribution in [1.29, 1.82) is 0 Å². The largest absolute Gasteiger partial charge is 0.316 e. The molecule has 3 nitrogen and oxygen atoms in total. The average molecular weight is 239 g/mol. The van der Waals surface area contributed by atoms with Gasteiger partial charge in [-0.05, 0) is 78.3 Å². The first-order valence-electron chi connectivity index (χ1n) is 7.36. The Morgan fingerprint density at radius 1 is 1.12 bits per heavy atom. The Hall–Kier alpha value is -0.120. The van der Waals surface area contributed by atoms with Crippen molar-refractivity contribution < 1.29 is 0 Å². The minimum atomic E-state index is 0.737. The lowest BCUT2D eigenvalue weighted by Gasteiger charge is -2.35. The van der Waals surface area contributed by atoms with E-state index in [1.165, 1.54) is 64.8 Å². The fourth-order valence-corrected chi connectivity index (χ4v) is 3.21. The molecule has 1 atom stereocenters. The van der Waals surface area contributed by atoms with Gasteiger partial charge in [0.25, 0.3) is 0 Å². The van der Waals surface area contributed by atoms with Crippen molar-refractivity contribution in [2.24, 2.45) is 5.92 Å². The van der Waals surface area contributed by atoms with Crippen LogP contribution in [0.25, 0.3) is 0 Å². The number of likely N-dealkylation sites (tertiary alicyclic amines) is 2. The van der Waals surface area contributed by atoms with E-state index in [1.54, 1.807) is 0 Å². The Labute approximate surface area is 107 Å². The van der Waals surface area contributed by atoms with Gasteiger partial charge < -0.3 is 15.1 Å². The Bertz CT molecular complexity index is 212. The predicted molar refractivity (Wildman–Crippen MR) is 73.4 cm³/mol. The summed E-state index contributed by atoms with van der Waals surface area (Å²) in [4.78, 5) is 5.14. The minimum Gasteiger partial charge on any atom is -0.316 e. The van der Waals surface area contributed by atoms with E-state index in [9.17, 15) is 0 Å². The third-order valence-corrected chi connectivity index (χ3v) is 4.61. The molecular formula is C14H29N3. The van der Waals surface area contributed by atoms with Crippen molar-refractivity contribution in [2.45, 2.75) is 38.1 Å². The molecule has 2 aliphatic heterocycles. The van der Waals surface area contributed by atoms with Crippen LogP contribution in [0, 0.1) is 5.92 Å². The molecule has 0 radical (unpaired) electrons. The maximum Gasteiger partial charge on any atom is 0.0192 e. The zero-order valence-electron chi connectivity index (χ0n) is 11.6. The monoisotopic (exact) mass is 239 g/mol. The highest BCUT2D eigenvalue weighted by molar-refractivity contribution is 4.78. The number of nitrogens with one attached hydrogen (secondary N) is 1. The molecule has 100 valence electrons. The zero-order chi connectivity index (χ0) is 12.1. The zero-order valence-corrected chi connectivity index (χ0v) is 11.6. The van der Waals surface area contributed by atoms with Gasteiger partial charge in [0.05, 0.1) is 0 Å². The molecule has 2 fully saturated rings. The van der Waals surface area contributed by atoms with Gasteiger partial charge in [-0.1, -0.05) is 0 Å². The number of hydrogen-bond acceptors (Lipinski definition) is 3. The van der Waals surface area contributed by atoms with E-state index in [0.29, 0.717) is 0 Å². The first kappa shape index (κ1) is 13.3. The van der Waals surface area contributed by atoms with Crippen LogP contribution in [-0.2, 0) is 0 Å². The van der Waals surface area contributed by atoms with Crippen LogP contribution in [0.3, 0.4) is 0 Å². The molecule has 0 amide bonds. The molecule has 2 heterocycles. The highest BCUT2D eigenvalue weighted by Crippen LogP contribution is 2.20. The lowest BCUT2D eigenvalue weighted by atomic mass is 9.93. The smallest absolute Gasteiger partial charge is 0.0192 e. The maximum absolute atomic E-state index is 3.43. The van der Waals surface area contributed by atoms with Gasteiger partial charge in [-0.3, -0.25) is 0 Å². The summed E-state index contributed by atoms with van der Waals surface area (Å²) in [5, 5.41) is 3.43. The van der Waals surface area contributed by atoms with Gasteiger partial charge in [0.15, 0.2) is 0 Å². The fourth-order valence-electron chi connectivity index (χ4n) is 3.21. The maximum atomic E-state index is 3.43. The molecule has 2 aliphatic rings. The van der Waals surface area contributed by atoms with Gasteiger partial charge >= 0.3 is 0 Å². The van der Waals surface area contributed by atoms with Gasteiger partial charge in [-0.25, -0.2) is 0 Å². The van der Waals surface area contributed by atoms with Gasteiger partial charge in [0, 0.05) is 12.6 Å². The van der Waals surface area contributed by atoms with Crippen molar-refractivity contribution in [3.63, 3.8) is 0 Å². The number of nitrogens with zero attached hydrogens (tertiary/aromatic N) is 2. The average Bonchev–Trinajstić information content (AvgIpc) is 2.38. The molecule has 2 rings (SSSR count).